The van der Waals surface area contributed by atoms with E-state index in [0.717, 1.165) is 5.56 Å². The number of carbonyl (C=O) groups is 1. The summed E-state index contributed by atoms with van der Waals surface area (Å²) in [4.78, 5) is 27.0. The first-order valence-electron chi connectivity index (χ1n) is 7.84. The van der Waals surface area contributed by atoms with Crippen molar-refractivity contribution < 1.29 is 9.90 Å². The second-order valence-electron chi connectivity index (χ2n) is 5.90. The maximum absolute atomic E-state index is 13.0. The third kappa shape index (κ3) is 2.95. The fourth-order valence-electron chi connectivity index (χ4n) is 2.92. The molecule has 1 heterocycles. The highest BCUT2D eigenvalue weighted by Crippen LogP contribution is 2.31. The van der Waals surface area contributed by atoms with Gasteiger partial charge in [-0.3, -0.25) is 9.59 Å². The number of amides is 1. The van der Waals surface area contributed by atoms with E-state index >= 15 is 0 Å². The number of benzene rings is 2. The van der Waals surface area contributed by atoms with Crippen molar-refractivity contribution in [2.24, 2.45) is 7.05 Å². The largest absolute Gasteiger partial charge is 0.506 e. The van der Waals surface area contributed by atoms with E-state index in [2.05, 4.69) is 12.6 Å². The number of anilines is 1. The van der Waals surface area contributed by atoms with Crippen molar-refractivity contribution in [3.8, 4) is 5.75 Å². The highest BCUT2D eigenvalue weighted by Gasteiger charge is 2.25. The molecule has 1 aromatic heterocycles. The molecule has 0 saturated carbocycles. The summed E-state index contributed by atoms with van der Waals surface area (Å²) < 4.78 is 1.37. The average Bonchev–Trinajstić information content (AvgIpc) is 2.65. The monoisotopic (exact) mass is 388 g/mol. The average molecular weight is 389 g/mol. The fraction of sp³-hybridized carbons (Fsp3) is 0.158. The predicted octanol–water partition coefficient (Wildman–Crippen LogP) is 3.60. The van der Waals surface area contributed by atoms with E-state index < -0.39 is 11.5 Å². The van der Waals surface area contributed by atoms with Crippen LogP contribution in [-0.2, 0) is 12.8 Å². The minimum absolute atomic E-state index is 0.272. The van der Waals surface area contributed by atoms with E-state index in [-0.39, 0.29) is 11.3 Å². The number of rotatable bonds is 3. The molecule has 0 aliphatic rings. The quantitative estimate of drug-likeness (QED) is 0.674. The number of pyridine rings is 1. The fourth-order valence-corrected chi connectivity index (χ4v) is 3.31. The van der Waals surface area contributed by atoms with E-state index in [1.165, 1.54) is 9.47 Å². The van der Waals surface area contributed by atoms with Crippen molar-refractivity contribution in [1.29, 1.82) is 0 Å². The second-order valence-corrected chi connectivity index (χ2v) is 6.65. The van der Waals surface area contributed by atoms with Crippen molar-refractivity contribution in [1.82, 2.24) is 4.57 Å². The van der Waals surface area contributed by atoms with Crippen LogP contribution in [0.25, 0.3) is 10.9 Å². The predicted molar refractivity (Wildman–Crippen MR) is 108 cm³/mol. The van der Waals surface area contributed by atoms with Crippen molar-refractivity contribution in [3.05, 3.63) is 69.0 Å². The molecule has 0 aliphatic carbocycles. The third-order valence-corrected chi connectivity index (χ3v) is 4.98. The molecule has 3 rings (SSSR count). The molecule has 0 spiro atoms. The highest BCUT2D eigenvalue weighted by molar-refractivity contribution is 7.79. The lowest BCUT2D eigenvalue weighted by atomic mass is 10.0. The van der Waals surface area contributed by atoms with E-state index in [4.69, 9.17) is 11.6 Å². The number of carbonyl (C=O) groups excluding carboxylic acids is 1. The van der Waals surface area contributed by atoms with Gasteiger partial charge < -0.3 is 14.6 Å². The van der Waals surface area contributed by atoms with Gasteiger partial charge in [-0.2, -0.15) is 12.6 Å². The number of hydrogen-bond donors (Lipinski definition) is 2. The lowest BCUT2D eigenvalue weighted by Gasteiger charge is -2.20. The van der Waals surface area contributed by atoms with E-state index in [1.807, 2.05) is 0 Å². The molecule has 2 aromatic carbocycles. The number of thiol groups is 1. The van der Waals surface area contributed by atoms with Crippen molar-refractivity contribution in [3.63, 3.8) is 0 Å². The Morgan fingerprint density at radius 3 is 2.50 bits per heavy atom. The van der Waals surface area contributed by atoms with Gasteiger partial charge in [-0.05, 0) is 35.9 Å². The number of aromatic hydroxyl groups is 1. The van der Waals surface area contributed by atoms with Crippen LogP contribution in [0.1, 0.15) is 15.9 Å². The molecule has 0 fully saturated rings. The van der Waals surface area contributed by atoms with Crippen molar-refractivity contribution >= 4 is 46.7 Å². The molecule has 0 unspecified atom stereocenters. The highest BCUT2D eigenvalue weighted by atomic mass is 35.5. The Morgan fingerprint density at radius 2 is 1.88 bits per heavy atom. The molecule has 7 heteroatoms. The van der Waals surface area contributed by atoms with Gasteiger partial charge in [-0.15, -0.1) is 0 Å². The summed E-state index contributed by atoms with van der Waals surface area (Å²) in [6.45, 7) is 0. The molecule has 134 valence electrons. The zero-order chi connectivity index (χ0) is 19.0. The molecule has 0 saturated heterocycles. The molecule has 1 N–H and O–H groups in total. The van der Waals surface area contributed by atoms with E-state index in [1.54, 1.807) is 56.6 Å². The Morgan fingerprint density at radius 1 is 1.23 bits per heavy atom. The molecule has 0 radical (unpaired) electrons. The lowest BCUT2D eigenvalue weighted by Crippen LogP contribution is -2.34. The zero-order valence-electron chi connectivity index (χ0n) is 14.2. The summed E-state index contributed by atoms with van der Waals surface area (Å²) in [5, 5.41) is 11.8. The molecule has 5 nitrogen and oxygen atoms in total. The molecule has 0 atom stereocenters. The van der Waals surface area contributed by atoms with Crippen LogP contribution in [0.5, 0.6) is 5.75 Å². The van der Waals surface area contributed by atoms with Crippen LogP contribution in [0.4, 0.5) is 5.69 Å². The summed E-state index contributed by atoms with van der Waals surface area (Å²) in [7, 11) is 3.12. The number of halogens is 1. The number of fused-ring (bicyclic) bond motifs is 1. The maximum atomic E-state index is 13.0. The van der Waals surface area contributed by atoms with Crippen LogP contribution >= 0.6 is 24.2 Å². The molecule has 3 aromatic rings. The van der Waals surface area contributed by atoms with Gasteiger partial charge in [-0.1, -0.05) is 23.7 Å². The van der Waals surface area contributed by atoms with Crippen LogP contribution in [-0.4, -0.2) is 22.6 Å². The molecular weight excluding hydrogens is 372 g/mol. The van der Waals surface area contributed by atoms with Gasteiger partial charge in [0.15, 0.2) is 0 Å². The van der Waals surface area contributed by atoms with E-state index in [9.17, 15) is 14.7 Å². The minimum atomic E-state index is -0.596. The van der Waals surface area contributed by atoms with Gasteiger partial charge in [0.05, 0.1) is 5.52 Å². The Labute approximate surface area is 160 Å². The first-order valence-corrected chi connectivity index (χ1v) is 8.86. The van der Waals surface area contributed by atoms with E-state index in [0.29, 0.717) is 27.4 Å². The Bertz CT molecular complexity index is 1060. The third-order valence-electron chi connectivity index (χ3n) is 4.38. The first-order chi connectivity index (χ1) is 12.4. The summed E-state index contributed by atoms with van der Waals surface area (Å²) in [6.07, 6.45) is 0. The smallest absolute Gasteiger partial charge is 0.267 e. The summed E-state index contributed by atoms with van der Waals surface area (Å²) >= 11 is 10.2. The number of nitrogens with zero attached hydrogens (tertiary/aromatic N) is 2. The van der Waals surface area contributed by atoms with Gasteiger partial charge >= 0.3 is 0 Å². The topological polar surface area (TPSA) is 62.5 Å². The van der Waals surface area contributed by atoms with Crippen molar-refractivity contribution in [2.75, 3.05) is 11.9 Å². The molecule has 1 amide bonds. The van der Waals surface area contributed by atoms with Gasteiger partial charge in [0.1, 0.15) is 11.3 Å². The summed E-state index contributed by atoms with van der Waals surface area (Å²) in [5.74, 6) is -0.552. The standard InChI is InChI=1S/C19H17ClN2O3S/c1-21(13-8-6-12(20)7-9-13)18(24)16-17(23)15-11(10-26)4-3-5-14(15)22(2)19(16)25/h3-9,23,26H,10H2,1-2H3. The molecule has 0 aliphatic heterocycles. The summed E-state index contributed by atoms with van der Waals surface area (Å²) in [5.41, 5.74) is 1.01. The SMILES string of the molecule is CN(C(=O)c1c(O)c2c(CS)cccc2n(C)c1=O)c1ccc(Cl)cc1. The van der Waals surface area contributed by atoms with Gasteiger partial charge in [0.2, 0.25) is 0 Å². The van der Waals surface area contributed by atoms with Crippen LogP contribution < -0.4 is 10.5 Å². The van der Waals surface area contributed by atoms with Crippen LogP contribution in [0, 0.1) is 0 Å². The zero-order valence-corrected chi connectivity index (χ0v) is 15.9. The van der Waals surface area contributed by atoms with Crippen LogP contribution in [0.15, 0.2) is 47.3 Å². The number of hydrogen-bond acceptors (Lipinski definition) is 4. The van der Waals surface area contributed by atoms with Crippen LogP contribution in [0.3, 0.4) is 0 Å². The normalized spacial score (nSPS) is 10.9. The number of aryl methyl sites for hydroxylation is 1. The number of aromatic nitrogens is 1. The summed E-state index contributed by atoms with van der Waals surface area (Å²) in [6, 6.07) is 11.9. The van der Waals surface area contributed by atoms with Crippen molar-refractivity contribution in [2.45, 2.75) is 5.75 Å². The second kappa shape index (κ2) is 7.05. The Kier molecular flexibility index (Phi) is 4.98. The van der Waals surface area contributed by atoms with Gasteiger partial charge in [-0.25, -0.2) is 0 Å². The molecule has 26 heavy (non-hydrogen) atoms. The van der Waals surface area contributed by atoms with Crippen LogP contribution in [0.2, 0.25) is 5.02 Å². The van der Waals surface area contributed by atoms with Gasteiger partial charge in [0, 0.05) is 35.9 Å². The first kappa shape index (κ1) is 18.4. The molecular formula is C19H17ClN2O3S. The Hall–Kier alpha value is -2.44. The minimum Gasteiger partial charge on any atom is -0.506 e. The Balaban J connectivity index is 2.23. The molecule has 0 bridgehead atoms. The van der Waals surface area contributed by atoms with Gasteiger partial charge in [0.25, 0.3) is 11.5 Å². The maximum Gasteiger partial charge on any atom is 0.267 e. The lowest BCUT2D eigenvalue weighted by molar-refractivity contribution is 0.0988.